The number of benzene rings is 2. The molecule has 2 aromatic carbocycles. The van der Waals surface area contributed by atoms with E-state index >= 15 is 0 Å². The predicted molar refractivity (Wildman–Crippen MR) is 120 cm³/mol. The van der Waals surface area contributed by atoms with Gasteiger partial charge in [0.15, 0.2) is 0 Å². The number of aromatic amines is 1. The largest absolute Gasteiger partial charge is 0.361 e. The maximum atomic E-state index is 12.7. The number of carbonyl (C=O) groups is 1. The minimum atomic E-state index is -0.205. The highest BCUT2D eigenvalue weighted by atomic mass is 16.1. The lowest BCUT2D eigenvalue weighted by Gasteiger charge is -2.11. The van der Waals surface area contributed by atoms with E-state index in [1.807, 2.05) is 50.4 Å². The average molecular weight is 399 g/mol. The van der Waals surface area contributed by atoms with Crippen molar-refractivity contribution in [2.75, 3.05) is 11.9 Å². The summed E-state index contributed by atoms with van der Waals surface area (Å²) in [5, 5.41) is 7.38. The zero-order valence-corrected chi connectivity index (χ0v) is 17.4. The summed E-state index contributed by atoms with van der Waals surface area (Å²) in [4.78, 5) is 24.8. The number of para-hydroxylation sites is 1. The van der Waals surface area contributed by atoms with E-state index in [2.05, 4.69) is 44.6 Å². The second-order valence-electron chi connectivity index (χ2n) is 7.53. The van der Waals surface area contributed by atoms with Crippen molar-refractivity contribution in [1.29, 1.82) is 0 Å². The van der Waals surface area contributed by atoms with Crippen molar-refractivity contribution in [3.63, 3.8) is 0 Å². The second-order valence-corrected chi connectivity index (χ2v) is 7.53. The van der Waals surface area contributed by atoms with E-state index in [-0.39, 0.29) is 5.91 Å². The Labute approximate surface area is 175 Å². The Morgan fingerprint density at radius 3 is 2.70 bits per heavy atom. The lowest BCUT2D eigenvalue weighted by molar-refractivity contribution is 0.0949. The van der Waals surface area contributed by atoms with Gasteiger partial charge in [0.05, 0.1) is 0 Å². The van der Waals surface area contributed by atoms with Crippen LogP contribution in [0, 0.1) is 20.8 Å². The van der Waals surface area contributed by atoms with Crippen molar-refractivity contribution in [3.05, 3.63) is 82.8 Å². The van der Waals surface area contributed by atoms with Crippen molar-refractivity contribution in [1.82, 2.24) is 20.3 Å². The fourth-order valence-electron chi connectivity index (χ4n) is 3.55. The number of fused-ring (bicyclic) bond motifs is 1. The van der Waals surface area contributed by atoms with E-state index in [0.717, 1.165) is 28.9 Å². The van der Waals surface area contributed by atoms with Crippen LogP contribution in [-0.2, 0) is 6.42 Å². The van der Waals surface area contributed by atoms with Crippen molar-refractivity contribution < 1.29 is 4.79 Å². The van der Waals surface area contributed by atoms with Gasteiger partial charge >= 0.3 is 0 Å². The molecule has 2 heterocycles. The van der Waals surface area contributed by atoms with Gasteiger partial charge in [0.1, 0.15) is 5.69 Å². The first-order valence-electron chi connectivity index (χ1n) is 10.0. The number of anilines is 2. The molecule has 0 spiro atoms. The van der Waals surface area contributed by atoms with Gasteiger partial charge in [0, 0.05) is 35.0 Å². The van der Waals surface area contributed by atoms with Gasteiger partial charge in [-0.2, -0.15) is 0 Å². The van der Waals surface area contributed by atoms with Gasteiger partial charge in [-0.3, -0.25) is 4.79 Å². The molecule has 2 aromatic heterocycles. The number of aromatic nitrogens is 3. The summed E-state index contributed by atoms with van der Waals surface area (Å²) >= 11 is 0. The van der Waals surface area contributed by atoms with Crippen LogP contribution in [0.5, 0.6) is 0 Å². The SMILES string of the molecule is Cc1ccc(Nc2nc(C)cc(C(=O)NCCc3c[nH]c4ccccc34)n2)c(C)c1. The lowest BCUT2D eigenvalue weighted by atomic mass is 10.1. The molecule has 30 heavy (non-hydrogen) atoms. The van der Waals surface area contributed by atoms with Crippen LogP contribution in [0.3, 0.4) is 0 Å². The van der Waals surface area contributed by atoms with E-state index in [1.165, 1.54) is 16.5 Å². The van der Waals surface area contributed by atoms with E-state index in [4.69, 9.17) is 0 Å². The Balaban J connectivity index is 1.43. The molecule has 0 saturated carbocycles. The van der Waals surface area contributed by atoms with Gasteiger partial charge < -0.3 is 15.6 Å². The summed E-state index contributed by atoms with van der Waals surface area (Å²) in [7, 11) is 0. The van der Waals surface area contributed by atoms with Gasteiger partial charge in [-0.05, 0) is 56.5 Å². The number of amides is 1. The molecule has 3 N–H and O–H groups in total. The van der Waals surface area contributed by atoms with Gasteiger partial charge in [-0.25, -0.2) is 9.97 Å². The molecule has 1 amide bonds. The molecule has 0 atom stereocenters. The van der Waals surface area contributed by atoms with Crippen molar-refractivity contribution >= 4 is 28.4 Å². The van der Waals surface area contributed by atoms with E-state index in [1.54, 1.807) is 6.07 Å². The topological polar surface area (TPSA) is 82.7 Å². The Bertz CT molecular complexity index is 1210. The smallest absolute Gasteiger partial charge is 0.270 e. The Hall–Kier alpha value is -3.67. The van der Waals surface area contributed by atoms with E-state index < -0.39 is 0 Å². The summed E-state index contributed by atoms with van der Waals surface area (Å²) < 4.78 is 0. The molecule has 6 heteroatoms. The third-order valence-corrected chi connectivity index (χ3v) is 5.07. The first-order valence-corrected chi connectivity index (χ1v) is 10.0. The highest BCUT2D eigenvalue weighted by molar-refractivity contribution is 5.92. The quantitative estimate of drug-likeness (QED) is 0.442. The van der Waals surface area contributed by atoms with Crippen LogP contribution in [0.25, 0.3) is 10.9 Å². The predicted octanol–water partition coefficient (Wildman–Crippen LogP) is 4.60. The molecule has 0 aliphatic rings. The van der Waals surface area contributed by atoms with Crippen LogP contribution in [-0.4, -0.2) is 27.4 Å². The van der Waals surface area contributed by atoms with Gasteiger partial charge in [0.25, 0.3) is 5.91 Å². The van der Waals surface area contributed by atoms with Crippen LogP contribution in [0.2, 0.25) is 0 Å². The molecule has 4 aromatic rings. The lowest BCUT2D eigenvalue weighted by Crippen LogP contribution is -2.27. The third kappa shape index (κ3) is 4.33. The van der Waals surface area contributed by atoms with Crippen LogP contribution in [0.1, 0.15) is 32.9 Å². The van der Waals surface area contributed by atoms with Crippen molar-refractivity contribution in [3.8, 4) is 0 Å². The zero-order chi connectivity index (χ0) is 21.1. The molecule has 0 aliphatic carbocycles. The Morgan fingerprint density at radius 2 is 1.87 bits per heavy atom. The highest BCUT2D eigenvalue weighted by Crippen LogP contribution is 2.20. The molecule has 0 fully saturated rings. The minimum absolute atomic E-state index is 0.205. The third-order valence-electron chi connectivity index (χ3n) is 5.07. The Morgan fingerprint density at radius 1 is 1.03 bits per heavy atom. The summed E-state index contributed by atoms with van der Waals surface area (Å²) in [6.45, 7) is 6.48. The first-order chi connectivity index (χ1) is 14.5. The maximum Gasteiger partial charge on any atom is 0.270 e. The maximum absolute atomic E-state index is 12.7. The molecular weight excluding hydrogens is 374 g/mol. The minimum Gasteiger partial charge on any atom is -0.361 e. The average Bonchev–Trinajstić information content (AvgIpc) is 3.13. The molecule has 0 saturated heterocycles. The molecular formula is C24H25N5O. The van der Waals surface area contributed by atoms with Crippen LogP contribution < -0.4 is 10.6 Å². The number of nitrogens with zero attached hydrogens (tertiary/aromatic N) is 2. The van der Waals surface area contributed by atoms with Crippen LogP contribution in [0.4, 0.5) is 11.6 Å². The van der Waals surface area contributed by atoms with Gasteiger partial charge in [0.2, 0.25) is 5.95 Å². The molecule has 0 unspecified atom stereocenters. The summed E-state index contributed by atoms with van der Waals surface area (Å²) in [5.41, 5.74) is 6.60. The molecule has 0 radical (unpaired) electrons. The number of rotatable bonds is 6. The van der Waals surface area contributed by atoms with Gasteiger partial charge in [-0.15, -0.1) is 0 Å². The van der Waals surface area contributed by atoms with Gasteiger partial charge in [-0.1, -0.05) is 35.9 Å². The Kier molecular flexibility index (Phi) is 5.48. The number of hydrogen-bond acceptors (Lipinski definition) is 4. The summed E-state index contributed by atoms with van der Waals surface area (Å²) in [5.74, 6) is 0.216. The molecule has 0 bridgehead atoms. The number of nitrogens with one attached hydrogen (secondary N) is 3. The zero-order valence-electron chi connectivity index (χ0n) is 17.4. The van der Waals surface area contributed by atoms with Crippen LogP contribution >= 0.6 is 0 Å². The summed E-state index contributed by atoms with van der Waals surface area (Å²) in [6.07, 6.45) is 2.74. The fourth-order valence-corrected chi connectivity index (χ4v) is 3.55. The second kappa shape index (κ2) is 8.37. The molecule has 0 aliphatic heterocycles. The first kappa shape index (κ1) is 19.6. The van der Waals surface area contributed by atoms with Crippen LogP contribution in [0.15, 0.2) is 54.7 Å². The molecule has 152 valence electrons. The standard InChI is InChI=1S/C24H25N5O/c1-15-8-9-20(16(2)12-15)28-24-27-17(3)13-22(29-24)23(30)25-11-10-18-14-26-21-7-5-4-6-19(18)21/h4-9,12-14,26H,10-11H2,1-3H3,(H,25,30)(H,27,28,29). The van der Waals surface area contributed by atoms with E-state index in [9.17, 15) is 4.79 Å². The highest BCUT2D eigenvalue weighted by Gasteiger charge is 2.12. The number of aryl methyl sites for hydroxylation is 3. The van der Waals surface area contributed by atoms with E-state index in [0.29, 0.717) is 18.2 Å². The fraction of sp³-hybridized carbons (Fsp3) is 0.208. The molecule has 4 rings (SSSR count). The number of hydrogen-bond donors (Lipinski definition) is 3. The normalized spacial score (nSPS) is 10.9. The number of H-pyrrole nitrogens is 1. The monoisotopic (exact) mass is 399 g/mol. The summed E-state index contributed by atoms with van der Waals surface area (Å²) in [6, 6.07) is 16.0. The number of carbonyl (C=O) groups excluding carboxylic acids is 1. The van der Waals surface area contributed by atoms with Crippen molar-refractivity contribution in [2.24, 2.45) is 0 Å². The van der Waals surface area contributed by atoms with Crippen molar-refractivity contribution in [2.45, 2.75) is 27.2 Å². The molecule has 6 nitrogen and oxygen atoms in total.